The summed E-state index contributed by atoms with van der Waals surface area (Å²) >= 11 is 3.45. The number of carbonyl (C=O) groups is 1. The molecule has 0 bridgehead atoms. The summed E-state index contributed by atoms with van der Waals surface area (Å²) in [7, 11) is 0. The van der Waals surface area contributed by atoms with Gasteiger partial charge in [-0.3, -0.25) is 4.79 Å². The van der Waals surface area contributed by atoms with E-state index in [-0.39, 0.29) is 6.04 Å². The van der Waals surface area contributed by atoms with Crippen LogP contribution in [-0.2, 0) is 0 Å². The monoisotopic (exact) mass is 265 g/mol. The van der Waals surface area contributed by atoms with Crippen LogP contribution in [0.2, 0.25) is 0 Å². The highest BCUT2D eigenvalue weighted by Crippen LogP contribution is 2.26. The minimum Gasteiger partial charge on any atom is -0.336 e. The van der Waals surface area contributed by atoms with Crippen molar-refractivity contribution in [3.63, 3.8) is 0 Å². The summed E-state index contributed by atoms with van der Waals surface area (Å²) in [5.41, 5.74) is 1.83. The molecule has 0 fully saturated rings. The second-order valence-corrected chi connectivity index (χ2v) is 4.77. The molecule has 0 N–H and O–H groups in total. The van der Waals surface area contributed by atoms with E-state index >= 15 is 0 Å². The lowest BCUT2D eigenvalue weighted by Crippen LogP contribution is -2.04. The molecule has 0 spiro atoms. The Morgan fingerprint density at radius 2 is 2.07 bits per heavy atom. The molecule has 2 rings (SSSR count). The first-order chi connectivity index (χ1) is 7.13. The third-order valence-electron chi connectivity index (χ3n) is 2.47. The van der Waals surface area contributed by atoms with Gasteiger partial charge in [0.25, 0.3) is 0 Å². The maximum absolute atomic E-state index is 11.0. The lowest BCUT2D eigenvalue weighted by molar-refractivity contribution is 0.111. The van der Waals surface area contributed by atoms with Gasteiger partial charge < -0.3 is 4.57 Å². The first kappa shape index (κ1) is 10.4. The van der Waals surface area contributed by atoms with Crippen molar-refractivity contribution in [1.29, 1.82) is 0 Å². The Morgan fingerprint density at radius 3 is 2.67 bits per heavy atom. The largest absolute Gasteiger partial charge is 0.336 e. The standard InChI is InChI=1S/C12H12BrNO/c1-8(2)14-11(7-15)5-9-3-4-10(13)6-12(9)14/h3-8H,1-2H3. The first-order valence-corrected chi connectivity index (χ1v) is 5.68. The predicted octanol–water partition coefficient (Wildman–Crippen LogP) is 3.80. The minimum absolute atomic E-state index is 0.289. The third-order valence-corrected chi connectivity index (χ3v) is 2.96. The maximum atomic E-state index is 11.0. The van der Waals surface area contributed by atoms with Crippen molar-refractivity contribution in [3.8, 4) is 0 Å². The molecule has 0 saturated carbocycles. The van der Waals surface area contributed by atoms with Gasteiger partial charge in [0.05, 0.1) is 5.69 Å². The van der Waals surface area contributed by atoms with Crippen molar-refractivity contribution >= 4 is 33.1 Å². The highest BCUT2D eigenvalue weighted by molar-refractivity contribution is 9.10. The van der Waals surface area contributed by atoms with Gasteiger partial charge in [-0.2, -0.15) is 0 Å². The lowest BCUT2D eigenvalue weighted by atomic mass is 10.2. The average Bonchev–Trinajstić information content (AvgIpc) is 2.55. The number of halogens is 1. The molecule has 0 saturated heterocycles. The fraction of sp³-hybridized carbons (Fsp3) is 0.250. The molecule has 78 valence electrons. The molecule has 0 aliphatic heterocycles. The Kier molecular flexibility index (Phi) is 2.65. The summed E-state index contributed by atoms with van der Waals surface area (Å²) in [5.74, 6) is 0. The molecule has 0 unspecified atom stereocenters. The van der Waals surface area contributed by atoms with Crippen LogP contribution in [0.15, 0.2) is 28.7 Å². The van der Waals surface area contributed by atoms with Gasteiger partial charge in [-0.25, -0.2) is 0 Å². The molecule has 0 atom stereocenters. The van der Waals surface area contributed by atoms with Gasteiger partial charge >= 0.3 is 0 Å². The van der Waals surface area contributed by atoms with Crippen LogP contribution in [-0.4, -0.2) is 10.9 Å². The van der Waals surface area contributed by atoms with Crippen molar-refractivity contribution in [2.24, 2.45) is 0 Å². The highest BCUT2D eigenvalue weighted by Gasteiger charge is 2.10. The van der Waals surface area contributed by atoms with Crippen LogP contribution < -0.4 is 0 Å². The molecule has 0 aliphatic carbocycles. The van der Waals surface area contributed by atoms with E-state index in [9.17, 15) is 4.79 Å². The number of aldehydes is 1. The van der Waals surface area contributed by atoms with Gasteiger partial charge in [0.1, 0.15) is 0 Å². The Hall–Kier alpha value is -1.09. The number of benzene rings is 1. The number of aromatic nitrogens is 1. The number of hydrogen-bond donors (Lipinski definition) is 0. The smallest absolute Gasteiger partial charge is 0.166 e. The van der Waals surface area contributed by atoms with Crippen LogP contribution in [0.25, 0.3) is 10.9 Å². The molecular formula is C12H12BrNO. The number of rotatable bonds is 2. The van der Waals surface area contributed by atoms with Crippen LogP contribution in [0.5, 0.6) is 0 Å². The van der Waals surface area contributed by atoms with Crippen molar-refractivity contribution in [2.45, 2.75) is 19.9 Å². The molecule has 2 aromatic rings. The summed E-state index contributed by atoms with van der Waals surface area (Å²) in [5, 5.41) is 1.11. The Morgan fingerprint density at radius 1 is 1.33 bits per heavy atom. The van der Waals surface area contributed by atoms with Gasteiger partial charge in [-0.05, 0) is 32.0 Å². The molecule has 0 aliphatic rings. The highest BCUT2D eigenvalue weighted by atomic mass is 79.9. The Balaban J connectivity index is 2.82. The summed E-state index contributed by atoms with van der Waals surface area (Å²) in [6.07, 6.45) is 0.911. The quantitative estimate of drug-likeness (QED) is 0.758. The number of nitrogens with zero attached hydrogens (tertiary/aromatic N) is 1. The Bertz CT molecular complexity index is 514. The van der Waals surface area contributed by atoms with Gasteiger partial charge in [0, 0.05) is 21.4 Å². The van der Waals surface area contributed by atoms with Crippen molar-refractivity contribution in [3.05, 3.63) is 34.4 Å². The van der Waals surface area contributed by atoms with Crippen LogP contribution in [0, 0.1) is 0 Å². The molecule has 3 heteroatoms. The third kappa shape index (κ3) is 1.72. The van der Waals surface area contributed by atoms with E-state index in [2.05, 4.69) is 29.8 Å². The van der Waals surface area contributed by atoms with Crippen LogP contribution in [0.3, 0.4) is 0 Å². The summed E-state index contributed by atoms with van der Waals surface area (Å²) in [4.78, 5) is 11.0. The zero-order valence-electron chi connectivity index (χ0n) is 8.70. The van der Waals surface area contributed by atoms with Gasteiger partial charge in [0.15, 0.2) is 6.29 Å². The molecule has 0 radical (unpaired) electrons. The number of fused-ring (bicyclic) bond motifs is 1. The van der Waals surface area contributed by atoms with E-state index in [4.69, 9.17) is 0 Å². The maximum Gasteiger partial charge on any atom is 0.166 e. The minimum atomic E-state index is 0.289. The van der Waals surface area contributed by atoms with Gasteiger partial charge in [-0.1, -0.05) is 22.0 Å². The summed E-state index contributed by atoms with van der Waals surface area (Å²) in [6.45, 7) is 4.15. The second kappa shape index (κ2) is 3.81. The fourth-order valence-electron chi connectivity index (χ4n) is 1.88. The molecule has 1 heterocycles. The average molecular weight is 266 g/mol. The van der Waals surface area contributed by atoms with Crippen molar-refractivity contribution < 1.29 is 4.79 Å². The van der Waals surface area contributed by atoms with Gasteiger partial charge in [0.2, 0.25) is 0 Å². The topological polar surface area (TPSA) is 22.0 Å². The zero-order valence-corrected chi connectivity index (χ0v) is 10.3. The summed E-state index contributed by atoms with van der Waals surface area (Å²) in [6, 6.07) is 8.27. The molecule has 1 aromatic carbocycles. The molecule has 15 heavy (non-hydrogen) atoms. The molecule has 2 nitrogen and oxygen atoms in total. The van der Waals surface area contributed by atoms with Crippen LogP contribution >= 0.6 is 15.9 Å². The van der Waals surface area contributed by atoms with Crippen molar-refractivity contribution in [1.82, 2.24) is 4.57 Å². The van der Waals surface area contributed by atoms with Crippen LogP contribution in [0.4, 0.5) is 0 Å². The Labute approximate surface area is 97.0 Å². The van der Waals surface area contributed by atoms with E-state index in [1.807, 2.05) is 28.8 Å². The van der Waals surface area contributed by atoms with E-state index in [0.717, 1.165) is 27.4 Å². The SMILES string of the molecule is CC(C)n1c(C=O)cc2ccc(Br)cc21. The van der Waals surface area contributed by atoms with Crippen LogP contribution in [0.1, 0.15) is 30.4 Å². The molecule has 0 amide bonds. The molecule has 1 aromatic heterocycles. The van der Waals surface area contributed by atoms with Gasteiger partial charge in [-0.15, -0.1) is 0 Å². The van der Waals surface area contributed by atoms with E-state index in [1.165, 1.54) is 0 Å². The second-order valence-electron chi connectivity index (χ2n) is 3.85. The number of carbonyl (C=O) groups excluding carboxylic acids is 1. The summed E-state index contributed by atoms with van der Waals surface area (Å²) < 4.78 is 3.08. The van der Waals surface area contributed by atoms with E-state index in [1.54, 1.807) is 0 Å². The molecular weight excluding hydrogens is 254 g/mol. The van der Waals surface area contributed by atoms with E-state index in [0.29, 0.717) is 0 Å². The van der Waals surface area contributed by atoms with E-state index < -0.39 is 0 Å². The normalized spacial score (nSPS) is 11.2. The zero-order chi connectivity index (χ0) is 11.0. The van der Waals surface area contributed by atoms with Crippen molar-refractivity contribution in [2.75, 3.05) is 0 Å². The number of hydrogen-bond acceptors (Lipinski definition) is 1. The predicted molar refractivity (Wildman–Crippen MR) is 65.4 cm³/mol. The lowest BCUT2D eigenvalue weighted by Gasteiger charge is -2.11. The first-order valence-electron chi connectivity index (χ1n) is 4.89. The fourth-order valence-corrected chi connectivity index (χ4v) is 2.23.